The lowest BCUT2D eigenvalue weighted by atomic mass is 10.2. The Morgan fingerprint density at radius 3 is 2.57 bits per heavy atom. The van der Waals surface area contributed by atoms with Crippen LogP contribution >= 0.6 is 0 Å². The molecule has 2 N–H and O–H groups in total. The highest BCUT2D eigenvalue weighted by atomic mass is 32.2. The average Bonchev–Trinajstić information content (AvgIpc) is 3.42. The first-order valence-corrected chi connectivity index (χ1v) is 11.1. The Bertz CT molecular complexity index is 1190. The molecule has 7 nitrogen and oxygen atoms in total. The summed E-state index contributed by atoms with van der Waals surface area (Å²) in [5.41, 5.74) is 3.24. The van der Waals surface area contributed by atoms with Gasteiger partial charge in [0.1, 0.15) is 0 Å². The van der Waals surface area contributed by atoms with Crippen LogP contribution in [0.3, 0.4) is 0 Å². The number of carbonyl (C=O) groups excluding carboxylic acids is 1. The number of benzene rings is 2. The van der Waals surface area contributed by atoms with Gasteiger partial charge in [0.15, 0.2) is 0 Å². The van der Waals surface area contributed by atoms with Crippen LogP contribution in [0.25, 0.3) is 11.8 Å². The molecule has 0 unspecified atom stereocenters. The van der Waals surface area contributed by atoms with Gasteiger partial charge in [-0.25, -0.2) is 17.8 Å². The van der Waals surface area contributed by atoms with Crippen molar-refractivity contribution in [2.45, 2.75) is 30.7 Å². The van der Waals surface area contributed by atoms with Gasteiger partial charge in [-0.15, -0.1) is 0 Å². The van der Waals surface area contributed by atoms with Crippen molar-refractivity contribution >= 4 is 27.7 Å². The standard InChI is InChI=1S/C22H22N4O3S/c1-16-13-14-23-26(16)20-4-2-3-19(15-20)24-22(27)12-7-17-5-10-21(11-6-17)30(28,29)25-18-8-9-18/h2-7,10-15,18,25H,8-9H2,1H3,(H,24,27)/b12-7+. The minimum atomic E-state index is -3.47. The lowest BCUT2D eigenvalue weighted by Crippen LogP contribution is -2.25. The fourth-order valence-electron chi connectivity index (χ4n) is 2.96. The van der Waals surface area contributed by atoms with E-state index < -0.39 is 10.0 Å². The highest BCUT2D eigenvalue weighted by molar-refractivity contribution is 7.89. The lowest BCUT2D eigenvalue weighted by Gasteiger charge is -2.07. The maximum atomic E-state index is 12.3. The zero-order valence-corrected chi connectivity index (χ0v) is 17.3. The second kappa shape index (κ2) is 8.25. The van der Waals surface area contributed by atoms with Gasteiger partial charge in [0.05, 0.1) is 10.6 Å². The molecule has 154 valence electrons. The van der Waals surface area contributed by atoms with E-state index in [4.69, 9.17) is 0 Å². The summed E-state index contributed by atoms with van der Waals surface area (Å²) < 4.78 is 28.8. The summed E-state index contributed by atoms with van der Waals surface area (Å²) in [5, 5.41) is 7.09. The van der Waals surface area contributed by atoms with Gasteiger partial charge in [-0.2, -0.15) is 5.10 Å². The summed E-state index contributed by atoms with van der Waals surface area (Å²) in [7, 11) is -3.47. The van der Waals surface area contributed by atoms with Crippen LogP contribution in [0.4, 0.5) is 5.69 Å². The summed E-state index contributed by atoms with van der Waals surface area (Å²) in [4.78, 5) is 12.5. The number of amides is 1. The van der Waals surface area contributed by atoms with Gasteiger partial charge in [0.25, 0.3) is 0 Å². The van der Waals surface area contributed by atoms with Gasteiger partial charge in [-0.1, -0.05) is 18.2 Å². The molecule has 0 radical (unpaired) electrons. The molecule has 1 heterocycles. The van der Waals surface area contributed by atoms with Crippen molar-refractivity contribution in [1.29, 1.82) is 0 Å². The topological polar surface area (TPSA) is 93.1 Å². The van der Waals surface area contributed by atoms with Gasteiger partial charge in [-0.3, -0.25) is 4.79 Å². The number of nitrogens with zero attached hydrogens (tertiary/aromatic N) is 2. The summed E-state index contributed by atoms with van der Waals surface area (Å²) in [6, 6.07) is 15.8. The largest absolute Gasteiger partial charge is 0.322 e. The quantitative estimate of drug-likeness (QED) is 0.572. The molecule has 0 saturated heterocycles. The van der Waals surface area contributed by atoms with E-state index in [1.165, 1.54) is 18.2 Å². The van der Waals surface area contributed by atoms with Crippen molar-refractivity contribution < 1.29 is 13.2 Å². The SMILES string of the molecule is Cc1ccnn1-c1cccc(NC(=O)/C=C/c2ccc(S(=O)(=O)NC3CC3)cc2)c1. The monoisotopic (exact) mass is 422 g/mol. The van der Waals surface area contributed by atoms with Crippen LogP contribution in [-0.2, 0) is 14.8 Å². The van der Waals surface area contributed by atoms with Crippen molar-refractivity contribution in [2.75, 3.05) is 5.32 Å². The summed E-state index contributed by atoms with van der Waals surface area (Å²) >= 11 is 0. The van der Waals surface area contributed by atoms with Gasteiger partial charge in [0.2, 0.25) is 15.9 Å². The third-order valence-electron chi connectivity index (χ3n) is 4.71. The van der Waals surface area contributed by atoms with Crippen LogP contribution in [0.1, 0.15) is 24.1 Å². The van der Waals surface area contributed by atoms with Crippen LogP contribution in [0, 0.1) is 6.92 Å². The zero-order valence-electron chi connectivity index (χ0n) is 16.4. The molecule has 0 bridgehead atoms. The molecule has 0 atom stereocenters. The molecule has 3 aromatic rings. The molecule has 1 saturated carbocycles. The summed E-state index contributed by atoms with van der Waals surface area (Å²) in [6.45, 7) is 1.96. The van der Waals surface area contributed by atoms with Crippen molar-refractivity contribution in [1.82, 2.24) is 14.5 Å². The van der Waals surface area contributed by atoms with Gasteiger partial charge < -0.3 is 5.32 Å². The average molecular weight is 423 g/mol. The normalized spacial score (nSPS) is 14.2. The van der Waals surface area contributed by atoms with E-state index in [2.05, 4.69) is 15.1 Å². The van der Waals surface area contributed by atoms with Crippen LogP contribution in [-0.4, -0.2) is 30.1 Å². The number of rotatable bonds is 7. The molecule has 0 aliphatic heterocycles. The molecular formula is C22H22N4O3S. The van der Waals surface area contributed by atoms with Crippen LogP contribution in [0.2, 0.25) is 0 Å². The van der Waals surface area contributed by atoms with Crippen LogP contribution < -0.4 is 10.0 Å². The molecular weight excluding hydrogens is 400 g/mol. The molecule has 1 aromatic heterocycles. The maximum absolute atomic E-state index is 12.3. The fraction of sp³-hybridized carbons (Fsp3) is 0.182. The molecule has 1 aliphatic carbocycles. The number of hydrogen-bond acceptors (Lipinski definition) is 4. The number of sulfonamides is 1. The van der Waals surface area contributed by atoms with E-state index in [1.807, 2.05) is 31.2 Å². The Balaban J connectivity index is 1.40. The Morgan fingerprint density at radius 1 is 1.13 bits per heavy atom. The molecule has 0 spiro atoms. The number of anilines is 1. The highest BCUT2D eigenvalue weighted by Crippen LogP contribution is 2.22. The minimum Gasteiger partial charge on any atom is -0.322 e. The Hall–Kier alpha value is -3.23. The van der Waals surface area contributed by atoms with Crippen LogP contribution in [0.15, 0.2) is 71.8 Å². The third kappa shape index (κ3) is 4.84. The first-order chi connectivity index (χ1) is 14.4. The second-order valence-corrected chi connectivity index (χ2v) is 8.94. The molecule has 1 amide bonds. The predicted molar refractivity (Wildman–Crippen MR) is 116 cm³/mol. The van der Waals surface area contributed by atoms with E-state index in [9.17, 15) is 13.2 Å². The van der Waals surface area contributed by atoms with Gasteiger partial charge >= 0.3 is 0 Å². The summed E-state index contributed by atoms with van der Waals surface area (Å²) in [6.07, 6.45) is 6.56. The molecule has 1 aliphatic rings. The Labute approximate surface area is 175 Å². The third-order valence-corrected chi connectivity index (χ3v) is 6.24. The van der Waals surface area contributed by atoms with E-state index >= 15 is 0 Å². The van der Waals surface area contributed by atoms with E-state index in [0.29, 0.717) is 5.69 Å². The number of aryl methyl sites for hydroxylation is 1. The van der Waals surface area contributed by atoms with Crippen molar-refractivity contribution in [3.05, 3.63) is 78.1 Å². The first kappa shape index (κ1) is 20.1. The fourth-order valence-corrected chi connectivity index (χ4v) is 4.26. The first-order valence-electron chi connectivity index (χ1n) is 9.63. The van der Waals surface area contributed by atoms with Crippen LogP contribution in [0.5, 0.6) is 0 Å². The second-order valence-electron chi connectivity index (χ2n) is 7.22. The van der Waals surface area contributed by atoms with E-state index in [1.54, 1.807) is 35.2 Å². The van der Waals surface area contributed by atoms with E-state index in [0.717, 1.165) is 29.8 Å². The predicted octanol–water partition coefficient (Wildman–Crippen LogP) is 3.27. The maximum Gasteiger partial charge on any atom is 0.248 e. The van der Waals surface area contributed by atoms with E-state index in [-0.39, 0.29) is 16.8 Å². The number of aromatic nitrogens is 2. The number of nitrogens with one attached hydrogen (secondary N) is 2. The summed E-state index contributed by atoms with van der Waals surface area (Å²) in [5.74, 6) is -0.281. The number of hydrogen-bond donors (Lipinski definition) is 2. The molecule has 2 aromatic carbocycles. The smallest absolute Gasteiger partial charge is 0.248 e. The van der Waals surface area contributed by atoms with Crippen molar-refractivity contribution in [3.8, 4) is 5.69 Å². The zero-order chi connectivity index (χ0) is 21.1. The Kier molecular flexibility index (Phi) is 5.52. The highest BCUT2D eigenvalue weighted by Gasteiger charge is 2.27. The number of carbonyl (C=O) groups is 1. The minimum absolute atomic E-state index is 0.0639. The van der Waals surface area contributed by atoms with Gasteiger partial charge in [-0.05, 0) is 67.8 Å². The Morgan fingerprint density at radius 2 is 1.90 bits per heavy atom. The van der Waals surface area contributed by atoms with Gasteiger partial charge in [0, 0.05) is 29.7 Å². The molecule has 1 fully saturated rings. The molecule has 8 heteroatoms. The lowest BCUT2D eigenvalue weighted by molar-refractivity contribution is -0.111. The van der Waals surface area contributed by atoms with Crippen molar-refractivity contribution in [3.63, 3.8) is 0 Å². The van der Waals surface area contributed by atoms with Crippen molar-refractivity contribution in [2.24, 2.45) is 0 Å². The molecule has 4 rings (SSSR count). The molecule has 30 heavy (non-hydrogen) atoms.